The maximum atomic E-state index is 12.7. The van der Waals surface area contributed by atoms with Crippen LogP contribution in [0.1, 0.15) is 11.3 Å². The topological polar surface area (TPSA) is 64.1 Å². The molecular formula is C13H9F3IN3O2. The van der Waals surface area contributed by atoms with Gasteiger partial charge in [0.25, 0.3) is 0 Å². The summed E-state index contributed by atoms with van der Waals surface area (Å²) in [5.41, 5.74) is -0.362. The standard InChI is InChI=1S/C13H9F3IN3O2/c14-13(15,16)10-9(17)6-18-11(19-10)20-12(21)22-7-8-4-2-1-3-5-8/h1-6H,7H2,(H,18,19,20,21). The second-order valence-corrected chi connectivity index (χ2v) is 5.24. The molecule has 0 aliphatic rings. The third-order valence-electron chi connectivity index (χ3n) is 2.44. The fourth-order valence-electron chi connectivity index (χ4n) is 1.48. The lowest BCUT2D eigenvalue weighted by Gasteiger charge is -2.10. The first-order valence-corrected chi connectivity index (χ1v) is 7.01. The van der Waals surface area contributed by atoms with Gasteiger partial charge in [-0.05, 0) is 28.2 Å². The first kappa shape index (κ1) is 16.5. The van der Waals surface area contributed by atoms with Crippen molar-refractivity contribution >= 4 is 34.6 Å². The van der Waals surface area contributed by atoms with Crippen LogP contribution in [0.3, 0.4) is 0 Å². The summed E-state index contributed by atoms with van der Waals surface area (Å²) >= 11 is 1.47. The van der Waals surface area contributed by atoms with Gasteiger partial charge in [0, 0.05) is 6.20 Å². The number of ether oxygens (including phenoxy) is 1. The maximum absolute atomic E-state index is 12.7. The zero-order chi connectivity index (χ0) is 16.2. The van der Waals surface area contributed by atoms with Crippen molar-refractivity contribution in [2.45, 2.75) is 12.8 Å². The molecule has 0 bridgehead atoms. The number of benzene rings is 1. The third kappa shape index (κ3) is 4.55. The molecule has 1 amide bonds. The maximum Gasteiger partial charge on any atom is 0.434 e. The van der Waals surface area contributed by atoms with Gasteiger partial charge in [-0.3, -0.25) is 5.32 Å². The highest BCUT2D eigenvalue weighted by Gasteiger charge is 2.35. The van der Waals surface area contributed by atoms with Crippen molar-refractivity contribution < 1.29 is 22.7 Å². The lowest BCUT2D eigenvalue weighted by molar-refractivity contribution is -0.141. The third-order valence-corrected chi connectivity index (χ3v) is 3.23. The van der Waals surface area contributed by atoms with E-state index in [-0.39, 0.29) is 10.2 Å². The normalized spacial score (nSPS) is 11.1. The minimum Gasteiger partial charge on any atom is -0.444 e. The summed E-state index contributed by atoms with van der Waals surface area (Å²) in [6, 6.07) is 8.84. The first-order valence-electron chi connectivity index (χ1n) is 5.93. The average molecular weight is 423 g/mol. The smallest absolute Gasteiger partial charge is 0.434 e. The highest BCUT2D eigenvalue weighted by molar-refractivity contribution is 14.1. The van der Waals surface area contributed by atoms with Crippen molar-refractivity contribution in [1.29, 1.82) is 0 Å². The van der Waals surface area contributed by atoms with E-state index >= 15 is 0 Å². The van der Waals surface area contributed by atoms with Gasteiger partial charge in [0.2, 0.25) is 5.95 Å². The van der Waals surface area contributed by atoms with Gasteiger partial charge in [-0.15, -0.1) is 0 Å². The average Bonchev–Trinajstić information content (AvgIpc) is 2.47. The van der Waals surface area contributed by atoms with E-state index in [0.717, 1.165) is 11.8 Å². The number of hydrogen-bond donors (Lipinski definition) is 1. The summed E-state index contributed by atoms with van der Waals surface area (Å²) in [5.74, 6) is -0.467. The van der Waals surface area contributed by atoms with Crippen LogP contribution in [0, 0.1) is 3.57 Å². The molecule has 1 N–H and O–H groups in total. The number of amides is 1. The minimum atomic E-state index is -4.62. The summed E-state index contributed by atoms with van der Waals surface area (Å²) in [7, 11) is 0. The van der Waals surface area contributed by atoms with Crippen LogP contribution < -0.4 is 5.32 Å². The van der Waals surface area contributed by atoms with Crippen LogP contribution in [0.2, 0.25) is 0 Å². The molecule has 2 aromatic rings. The van der Waals surface area contributed by atoms with Crippen LogP contribution in [0.4, 0.5) is 23.9 Å². The summed E-state index contributed by atoms with van der Waals surface area (Å²) in [5, 5.41) is 2.07. The number of nitrogens with one attached hydrogen (secondary N) is 1. The quantitative estimate of drug-likeness (QED) is 0.763. The molecule has 0 saturated carbocycles. The Morgan fingerprint density at radius 3 is 2.59 bits per heavy atom. The molecule has 0 atom stereocenters. The van der Waals surface area contributed by atoms with E-state index in [9.17, 15) is 18.0 Å². The molecule has 9 heteroatoms. The Bertz CT molecular complexity index is 665. The predicted octanol–water partition coefficient (Wildman–Crippen LogP) is 3.85. The number of aromatic nitrogens is 2. The molecule has 5 nitrogen and oxygen atoms in total. The van der Waals surface area contributed by atoms with E-state index in [2.05, 4.69) is 15.3 Å². The number of halogens is 4. The van der Waals surface area contributed by atoms with E-state index in [4.69, 9.17) is 4.74 Å². The Morgan fingerprint density at radius 2 is 1.95 bits per heavy atom. The molecule has 1 heterocycles. The fraction of sp³-hybridized carbons (Fsp3) is 0.154. The number of alkyl halides is 3. The molecule has 1 aromatic carbocycles. The van der Waals surface area contributed by atoms with E-state index in [0.29, 0.717) is 0 Å². The number of hydrogen-bond acceptors (Lipinski definition) is 4. The van der Waals surface area contributed by atoms with Gasteiger partial charge in [0.15, 0.2) is 5.69 Å². The van der Waals surface area contributed by atoms with Crippen molar-refractivity contribution in [3.63, 3.8) is 0 Å². The van der Waals surface area contributed by atoms with Crippen molar-refractivity contribution in [1.82, 2.24) is 9.97 Å². The van der Waals surface area contributed by atoms with Crippen molar-refractivity contribution in [3.8, 4) is 0 Å². The SMILES string of the molecule is O=C(Nc1ncc(I)c(C(F)(F)F)n1)OCc1ccccc1. The van der Waals surface area contributed by atoms with Gasteiger partial charge in [-0.2, -0.15) is 13.2 Å². The Hall–Kier alpha value is -1.91. The van der Waals surface area contributed by atoms with Gasteiger partial charge in [0.1, 0.15) is 6.61 Å². The van der Waals surface area contributed by atoms with Crippen LogP contribution in [-0.4, -0.2) is 16.1 Å². The van der Waals surface area contributed by atoms with E-state index < -0.39 is 23.9 Å². The monoisotopic (exact) mass is 423 g/mol. The highest BCUT2D eigenvalue weighted by Crippen LogP contribution is 2.31. The van der Waals surface area contributed by atoms with Crippen LogP contribution in [-0.2, 0) is 17.5 Å². The Balaban J connectivity index is 2.00. The Labute approximate surface area is 137 Å². The summed E-state index contributed by atoms with van der Waals surface area (Å²) < 4.78 is 42.8. The first-order chi connectivity index (χ1) is 10.4. The molecule has 0 unspecified atom stereocenters. The molecule has 0 saturated heterocycles. The fourth-order valence-corrected chi connectivity index (χ4v) is 2.04. The summed E-state index contributed by atoms with van der Waals surface area (Å²) in [6.45, 7) is -0.0107. The van der Waals surface area contributed by atoms with E-state index in [1.165, 1.54) is 22.6 Å². The lowest BCUT2D eigenvalue weighted by Crippen LogP contribution is -2.18. The van der Waals surface area contributed by atoms with E-state index in [1.54, 1.807) is 24.3 Å². The van der Waals surface area contributed by atoms with Crippen LogP contribution in [0.5, 0.6) is 0 Å². The van der Waals surface area contributed by atoms with Crippen LogP contribution >= 0.6 is 22.6 Å². The van der Waals surface area contributed by atoms with Crippen LogP contribution in [0.25, 0.3) is 0 Å². The molecule has 0 aliphatic carbocycles. The van der Waals surface area contributed by atoms with Gasteiger partial charge < -0.3 is 4.74 Å². The Kier molecular flexibility index (Phi) is 5.16. The number of carbonyl (C=O) groups is 1. The number of rotatable bonds is 3. The molecule has 0 fully saturated rings. The second-order valence-electron chi connectivity index (χ2n) is 4.07. The van der Waals surface area contributed by atoms with Gasteiger partial charge in [0.05, 0.1) is 3.57 Å². The largest absolute Gasteiger partial charge is 0.444 e. The highest BCUT2D eigenvalue weighted by atomic mass is 127. The Morgan fingerprint density at radius 1 is 1.27 bits per heavy atom. The molecule has 116 valence electrons. The zero-order valence-electron chi connectivity index (χ0n) is 10.9. The number of anilines is 1. The van der Waals surface area contributed by atoms with Gasteiger partial charge in [-0.1, -0.05) is 30.3 Å². The summed E-state index contributed by atoms with van der Waals surface area (Å²) in [4.78, 5) is 18.4. The second kappa shape index (κ2) is 6.90. The van der Waals surface area contributed by atoms with Crippen LogP contribution in [0.15, 0.2) is 36.5 Å². The van der Waals surface area contributed by atoms with Crippen molar-refractivity contribution in [2.24, 2.45) is 0 Å². The van der Waals surface area contributed by atoms with Crippen molar-refractivity contribution in [2.75, 3.05) is 5.32 Å². The van der Waals surface area contributed by atoms with Gasteiger partial charge in [-0.25, -0.2) is 14.8 Å². The molecule has 0 radical (unpaired) electrons. The molecule has 0 aliphatic heterocycles. The van der Waals surface area contributed by atoms with E-state index in [1.807, 2.05) is 6.07 Å². The zero-order valence-corrected chi connectivity index (χ0v) is 13.1. The lowest BCUT2D eigenvalue weighted by atomic mass is 10.2. The molecule has 22 heavy (non-hydrogen) atoms. The molecule has 0 spiro atoms. The van der Waals surface area contributed by atoms with Gasteiger partial charge >= 0.3 is 12.3 Å². The molecule has 1 aromatic heterocycles. The number of nitrogens with zero attached hydrogens (tertiary/aromatic N) is 2. The number of carbonyl (C=O) groups excluding carboxylic acids is 1. The molecule has 2 rings (SSSR count). The van der Waals surface area contributed by atoms with Crippen molar-refractivity contribution in [3.05, 3.63) is 51.4 Å². The predicted molar refractivity (Wildman–Crippen MR) is 80.0 cm³/mol. The minimum absolute atomic E-state index is 0.0107. The molecular weight excluding hydrogens is 414 g/mol. The summed E-state index contributed by atoms with van der Waals surface area (Å²) in [6.07, 6.45) is -4.58.